The molecule has 19 heavy (non-hydrogen) atoms. The number of benzene rings is 1. The van der Waals surface area contributed by atoms with Crippen LogP contribution in [-0.2, 0) is 0 Å². The maximum absolute atomic E-state index is 12.0. The first-order valence-electron chi connectivity index (χ1n) is 5.11. The second-order valence-electron chi connectivity index (χ2n) is 3.42. The number of nitrogens with one attached hydrogen (secondary N) is 2. The van der Waals surface area contributed by atoms with Crippen molar-refractivity contribution >= 4 is 23.1 Å². The third-order valence-corrected chi connectivity index (χ3v) is 2.49. The van der Waals surface area contributed by atoms with Crippen LogP contribution in [0.2, 0.25) is 5.02 Å². The number of ether oxygens (including phenoxy) is 1. The van der Waals surface area contributed by atoms with Crippen molar-refractivity contribution in [3.8, 4) is 5.75 Å². The molecule has 0 radical (unpaired) electrons. The maximum atomic E-state index is 12.0. The van der Waals surface area contributed by atoms with E-state index < -0.39 is 12.2 Å². The number of hydrogen-bond donors (Lipinski definition) is 2. The molecule has 0 aliphatic heterocycles. The van der Waals surface area contributed by atoms with Gasteiger partial charge in [-0.25, -0.2) is 4.98 Å². The Labute approximate surface area is 111 Å². The lowest BCUT2D eigenvalue weighted by molar-refractivity contribution is -0.0498. The van der Waals surface area contributed by atoms with E-state index in [2.05, 4.69) is 20.0 Å². The van der Waals surface area contributed by atoms with E-state index in [4.69, 9.17) is 11.6 Å². The molecule has 2 N–H and O–H groups in total. The summed E-state index contributed by atoms with van der Waals surface area (Å²) >= 11 is 5.75. The van der Waals surface area contributed by atoms with Gasteiger partial charge in [0.2, 0.25) is 0 Å². The molecule has 1 aromatic heterocycles. The Hall–Kier alpha value is -2.15. The second-order valence-corrected chi connectivity index (χ2v) is 3.80. The van der Waals surface area contributed by atoms with Crippen LogP contribution in [0.3, 0.4) is 0 Å². The van der Waals surface area contributed by atoms with E-state index in [9.17, 15) is 13.6 Å². The lowest BCUT2D eigenvalue weighted by Gasteiger charge is -2.08. The summed E-state index contributed by atoms with van der Waals surface area (Å²) in [6, 6.07) is 5.71. The summed E-state index contributed by atoms with van der Waals surface area (Å²) in [6.07, 6.45) is 1.20. The second kappa shape index (κ2) is 5.66. The van der Waals surface area contributed by atoms with Crippen molar-refractivity contribution in [2.75, 3.05) is 5.32 Å². The molecule has 0 bridgehead atoms. The summed E-state index contributed by atoms with van der Waals surface area (Å²) < 4.78 is 28.1. The normalized spacial score (nSPS) is 10.5. The number of anilines is 2. The molecule has 2 aromatic rings. The Morgan fingerprint density at radius 3 is 2.63 bits per heavy atom. The molecule has 0 fully saturated rings. The Balaban J connectivity index is 2.15. The highest BCUT2D eigenvalue weighted by atomic mass is 35.5. The Kier molecular flexibility index (Phi) is 3.96. The van der Waals surface area contributed by atoms with Crippen LogP contribution in [-0.4, -0.2) is 16.6 Å². The highest BCUT2D eigenvalue weighted by Crippen LogP contribution is 2.22. The number of rotatable bonds is 4. The van der Waals surface area contributed by atoms with Crippen LogP contribution in [0.5, 0.6) is 5.75 Å². The van der Waals surface area contributed by atoms with E-state index in [-0.39, 0.29) is 16.6 Å². The molecule has 0 amide bonds. The number of aromatic nitrogens is 2. The van der Waals surface area contributed by atoms with E-state index in [1.807, 2.05) is 0 Å². The predicted octanol–water partition coefficient (Wildman–Crippen LogP) is 2.77. The molecule has 0 atom stereocenters. The number of aromatic amines is 1. The summed E-state index contributed by atoms with van der Waals surface area (Å²) in [5.74, 6) is 0.207. The number of hydrogen-bond acceptors (Lipinski definition) is 4. The van der Waals surface area contributed by atoms with Gasteiger partial charge in [0.25, 0.3) is 5.56 Å². The van der Waals surface area contributed by atoms with Crippen molar-refractivity contribution in [3.05, 3.63) is 46.0 Å². The van der Waals surface area contributed by atoms with E-state index in [1.165, 1.54) is 30.6 Å². The van der Waals surface area contributed by atoms with Gasteiger partial charge in [0, 0.05) is 5.69 Å². The predicted molar refractivity (Wildman–Crippen MR) is 66.2 cm³/mol. The zero-order valence-electron chi connectivity index (χ0n) is 9.36. The quantitative estimate of drug-likeness (QED) is 0.907. The standard InChI is InChI=1S/C11H8ClF2N3O2/c12-8-9(15-5-16-10(8)18)17-6-1-3-7(4-2-6)19-11(13)14/h1-5,11H,(H2,15,16,17,18). The van der Waals surface area contributed by atoms with Crippen LogP contribution in [0.1, 0.15) is 0 Å². The first kappa shape index (κ1) is 13.3. The van der Waals surface area contributed by atoms with Crippen LogP contribution >= 0.6 is 11.6 Å². The molecular formula is C11H8ClF2N3O2. The van der Waals surface area contributed by atoms with E-state index in [1.54, 1.807) is 0 Å². The van der Waals surface area contributed by atoms with Gasteiger partial charge >= 0.3 is 6.61 Å². The van der Waals surface area contributed by atoms with Gasteiger partial charge in [-0.1, -0.05) is 11.6 Å². The number of halogens is 3. The molecule has 0 aliphatic carbocycles. The van der Waals surface area contributed by atoms with E-state index in [0.717, 1.165) is 0 Å². The third kappa shape index (κ3) is 3.41. The monoisotopic (exact) mass is 287 g/mol. The van der Waals surface area contributed by atoms with Gasteiger partial charge in [0.1, 0.15) is 10.8 Å². The minimum Gasteiger partial charge on any atom is -0.435 e. The fourth-order valence-electron chi connectivity index (χ4n) is 1.33. The lowest BCUT2D eigenvalue weighted by atomic mass is 10.3. The fourth-order valence-corrected chi connectivity index (χ4v) is 1.48. The molecule has 5 nitrogen and oxygen atoms in total. The summed E-state index contributed by atoms with van der Waals surface area (Å²) in [6.45, 7) is -2.87. The number of alkyl halides is 2. The zero-order valence-corrected chi connectivity index (χ0v) is 10.1. The molecule has 1 aromatic carbocycles. The summed E-state index contributed by atoms with van der Waals surface area (Å²) in [4.78, 5) is 17.4. The third-order valence-electron chi connectivity index (χ3n) is 2.14. The van der Waals surface area contributed by atoms with Gasteiger partial charge in [-0.2, -0.15) is 8.78 Å². The Bertz CT molecular complexity index is 616. The molecule has 1 heterocycles. The smallest absolute Gasteiger partial charge is 0.387 e. The maximum Gasteiger partial charge on any atom is 0.387 e. The van der Waals surface area contributed by atoms with E-state index in [0.29, 0.717) is 5.69 Å². The first-order chi connectivity index (χ1) is 9.06. The van der Waals surface area contributed by atoms with Crippen LogP contribution < -0.4 is 15.6 Å². The number of H-pyrrole nitrogens is 1. The van der Waals surface area contributed by atoms with Crippen LogP contribution in [0.4, 0.5) is 20.3 Å². The Morgan fingerprint density at radius 2 is 2.00 bits per heavy atom. The van der Waals surface area contributed by atoms with Crippen LogP contribution in [0.15, 0.2) is 35.4 Å². The van der Waals surface area contributed by atoms with Crippen molar-refractivity contribution in [2.45, 2.75) is 6.61 Å². The van der Waals surface area contributed by atoms with Crippen molar-refractivity contribution in [2.24, 2.45) is 0 Å². The van der Waals surface area contributed by atoms with Crippen molar-refractivity contribution < 1.29 is 13.5 Å². The summed E-state index contributed by atoms with van der Waals surface area (Å²) in [5, 5.41) is 2.70. The van der Waals surface area contributed by atoms with E-state index >= 15 is 0 Å². The molecule has 2 rings (SSSR count). The molecule has 0 aliphatic rings. The van der Waals surface area contributed by atoms with Crippen molar-refractivity contribution in [3.63, 3.8) is 0 Å². The first-order valence-corrected chi connectivity index (χ1v) is 5.49. The van der Waals surface area contributed by atoms with Crippen LogP contribution in [0, 0.1) is 0 Å². The molecule has 0 saturated carbocycles. The highest BCUT2D eigenvalue weighted by molar-refractivity contribution is 6.32. The SMILES string of the molecule is O=c1[nH]cnc(Nc2ccc(OC(F)F)cc2)c1Cl. The van der Waals surface area contributed by atoms with Gasteiger partial charge < -0.3 is 15.0 Å². The highest BCUT2D eigenvalue weighted by Gasteiger charge is 2.07. The summed E-state index contributed by atoms with van der Waals surface area (Å²) in [5.41, 5.74) is 0.0541. The summed E-state index contributed by atoms with van der Waals surface area (Å²) in [7, 11) is 0. The average Bonchev–Trinajstić information content (AvgIpc) is 2.37. The zero-order chi connectivity index (χ0) is 13.8. The van der Waals surface area contributed by atoms with Crippen molar-refractivity contribution in [1.29, 1.82) is 0 Å². The van der Waals surface area contributed by atoms with Gasteiger partial charge in [-0.15, -0.1) is 0 Å². The molecule has 0 spiro atoms. The van der Waals surface area contributed by atoms with Gasteiger partial charge in [-0.3, -0.25) is 4.79 Å². The molecule has 0 saturated heterocycles. The van der Waals surface area contributed by atoms with Crippen molar-refractivity contribution in [1.82, 2.24) is 9.97 Å². The molecule has 0 unspecified atom stereocenters. The average molecular weight is 288 g/mol. The fraction of sp³-hybridized carbons (Fsp3) is 0.0909. The molecule has 100 valence electrons. The lowest BCUT2D eigenvalue weighted by Crippen LogP contribution is -2.09. The molecule has 8 heteroatoms. The topological polar surface area (TPSA) is 67.0 Å². The van der Waals surface area contributed by atoms with Gasteiger partial charge in [0.15, 0.2) is 5.82 Å². The number of nitrogens with zero attached hydrogens (tertiary/aromatic N) is 1. The largest absolute Gasteiger partial charge is 0.435 e. The van der Waals surface area contributed by atoms with Crippen LogP contribution in [0.25, 0.3) is 0 Å². The Morgan fingerprint density at radius 1 is 1.32 bits per heavy atom. The molecular weight excluding hydrogens is 280 g/mol. The van der Waals surface area contributed by atoms with Gasteiger partial charge in [0.05, 0.1) is 6.33 Å². The van der Waals surface area contributed by atoms with Gasteiger partial charge in [-0.05, 0) is 24.3 Å². The minimum atomic E-state index is -2.87. The minimum absolute atomic E-state index is 0.0329.